The first-order chi connectivity index (χ1) is 8.92. The molecule has 1 rings (SSSR count). The van der Waals surface area contributed by atoms with Crippen molar-refractivity contribution in [1.29, 1.82) is 0 Å². The first kappa shape index (κ1) is 16.9. The average molecular weight is 273 g/mol. The molecule has 0 radical (unpaired) electrons. The Morgan fingerprint density at radius 1 is 1.21 bits per heavy atom. The van der Waals surface area contributed by atoms with Gasteiger partial charge < -0.3 is 20.3 Å². The molecule has 0 aromatic rings. The van der Waals surface area contributed by atoms with Gasteiger partial charge >= 0.3 is 0 Å². The number of aliphatic hydroxyl groups is 2. The fourth-order valence-corrected chi connectivity index (χ4v) is 2.63. The SMILES string of the molecule is CC(C)(C)OCC(O)CNCC1CCCCC1CO. The molecular formula is C15H31NO3. The van der Waals surface area contributed by atoms with E-state index in [2.05, 4.69) is 5.32 Å². The fourth-order valence-electron chi connectivity index (χ4n) is 2.63. The van der Waals surface area contributed by atoms with E-state index >= 15 is 0 Å². The van der Waals surface area contributed by atoms with Gasteiger partial charge in [-0.15, -0.1) is 0 Å². The van der Waals surface area contributed by atoms with Gasteiger partial charge in [-0.2, -0.15) is 0 Å². The zero-order valence-electron chi connectivity index (χ0n) is 12.7. The van der Waals surface area contributed by atoms with Gasteiger partial charge in [0, 0.05) is 13.2 Å². The molecule has 0 aromatic carbocycles. The second-order valence-corrected chi connectivity index (χ2v) is 6.72. The van der Waals surface area contributed by atoms with Crippen LogP contribution >= 0.6 is 0 Å². The summed E-state index contributed by atoms with van der Waals surface area (Å²) in [7, 11) is 0. The molecule has 1 aliphatic carbocycles. The molecule has 0 aliphatic heterocycles. The molecule has 0 saturated heterocycles. The van der Waals surface area contributed by atoms with Gasteiger partial charge in [0.15, 0.2) is 0 Å². The number of hydrogen-bond donors (Lipinski definition) is 3. The van der Waals surface area contributed by atoms with Crippen molar-refractivity contribution in [2.45, 2.75) is 58.2 Å². The Kier molecular flexibility index (Phi) is 7.29. The maximum Gasteiger partial charge on any atom is 0.0897 e. The van der Waals surface area contributed by atoms with Gasteiger partial charge in [-0.1, -0.05) is 12.8 Å². The van der Waals surface area contributed by atoms with Crippen LogP contribution in [0, 0.1) is 11.8 Å². The standard InChI is InChI=1S/C15H31NO3/c1-15(2,3)19-11-14(18)9-16-8-12-6-4-5-7-13(12)10-17/h12-14,16-18H,4-11H2,1-3H3. The summed E-state index contributed by atoms with van der Waals surface area (Å²) in [6.45, 7) is 8.07. The van der Waals surface area contributed by atoms with E-state index in [1.54, 1.807) is 0 Å². The quantitative estimate of drug-likeness (QED) is 0.658. The predicted octanol–water partition coefficient (Wildman–Crippen LogP) is 1.55. The summed E-state index contributed by atoms with van der Waals surface area (Å²) in [5.41, 5.74) is -0.202. The normalized spacial score (nSPS) is 26.4. The Labute approximate surface area is 117 Å². The summed E-state index contributed by atoms with van der Waals surface area (Å²) >= 11 is 0. The van der Waals surface area contributed by atoms with Crippen molar-refractivity contribution in [2.24, 2.45) is 11.8 Å². The lowest BCUT2D eigenvalue weighted by molar-refractivity contribution is -0.0482. The molecule has 0 aromatic heterocycles. The molecule has 3 atom stereocenters. The molecule has 1 fully saturated rings. The summed E-state index contributed by atoms with van der Waals surface area (Å²) in [5.74, 6) is 0.985. The van der Waals surface area contributed by atoms with Crippen LogP contribution in [0.2, 0.25) is 0 Å². The number of rotatable bonds is 7. The average Bonchev–Trinajstić information content (AvgIpc) is 2.36. The lowest BCUT2D eigenvalue weighted by Gasteiger charge is -2.30. The van der Waals surface area contributed by atoms with Crippen molar-refractivity contribution in [3.05, 3.63) is 0 Å². The summed E-state index contributed by atoms with van der Waals surface area (Å²) in [4.78, 5) is 0. The van der Waals surface area contributed by atoms with Crippen LogP contribution < -0.4 is 5.32 Å². The highest BCUT2D eigenvalue weighted by Crippen LogP contribution is 2.28. The lowest BCUT2D eigenvalue weighted by atomic mass is 9.79. The van der Waals surface area contributed by atoms with Crippen LogP contribution in [0.1, 0.15) is 46.5 Å². The third-order valence-electron chi connectivity index (χ3n) is 3.80. The van der Waals surface area contributed by atoms with Crippen molar-refractivity contribution in [1.82, 2.24) is 5.32 Å². The molecule has 1 aliphatic rings. The zero-order valence-corrected chi connectivity index (χ0v) is 12.7. The van der Waals surface area contributed by atoms with Crippen molar-refractivity contribution < 1.29 is 14.9 Å². The van der Waals surface area contributed by atoms with Crippen LogP contribution in [0.15, 0.2) is 0 Å². The molecule has 0 heterocycles. The van der Waals surface area contributed by atoms with Crippen molar-refractivity contribution in [3.63, 3.8) is 0 Å². The Hall–Kier alpha value is -0.160. The van der Waals surface area contributed by atoms with Gasteiger partial charge in [0.05, 0.1) is 18.3 Å². The van der Waals surface area contributed by atoms with Crippen LogP contribution in [0.5, 0.6) is 0 Å². The summed E-state index contributed by atoms with van der Waals surface area (Å²) in [5, 5.41) is 22.5. The first-order valence-corrected chi connectivity index (χ1v) is 7.56. The third kappa shape index (κ3) is 7.25. The van der Waals surface area contributed by atoms with Crippen LogP contribution in [0.3, 0.4) is 0 Å². The van der Waals surface area contributed by atoms with E-state index in [0.717, 1.165) is 13.0 Å². The van der Waals surface area contributed by atoms with E-state index in [4.69, 9.17) is 4.74 Å². The second kappa shape index (κ2) is 8.20. The highest BCUT2D eigenvalue weighted by molar-refractivity contribution is 4.77. The molecule has 4 heteroatoms. The van der Waals surface area contributed by atoms with Crippen molar-refractivity contribution in [3.8, 4) is 0 Å². The number of aliphatic hydroxyl groups excluding tert-OH is 2. The second-order valence-electron chi connectivity index (χ2n) is 6.72. The van der Waals surface area contributed by atoms with Gasteiger partial charge in [-0.3, -0.25) is 0 Å². The number of ether oxygens (including phenoxy) is 1. The Balaban J connectivity index is 2.14. The van der Waals surface area contributed by atoms with E-state index in [1.165, 1.54) is 19.3 Å². The first-order valence-electron chi connectivity index (χ1n) is 7.56. The minimum atomic E-state index is -0.463. The Morgan fingerprint density at radius 2 is 1.84 bits per heavy atom. The summed E-state index contributed by atoms with van der Waals surface area (Å²) in [6, 6.07) is 0. The van der Waals surface area contributed by atoms with E-state index < -0.39 is 6.10 Å². The van der Waals surface area contributed by atoms with Crippen molar-refractivity contribution >= 4 is 0 Å². The fraction of sp³-hybridized carbons (Fsp3) is 1.00. The van der Waals surface area contributed by atoms with Crippen LogP contribution in [0.25, 0.3) is 0 Å². The monoisotopic (exact) mass is 273 g/mol. The summed E-state index contributed by atoms with van der Waals surface area (Å²) < 4.78 is 5.55. The molecule has 0 spiro atoms. The molecule has 1 saturated carbocycles. The minimum absolute atomic E-state index is 0.202. The van der Waals surface area contributed by atoms with Crippen LogP contribution in [-0.2, 0) is 4.74 Å². The van der Waals surface area contributed by atoms with E-state index in [-0.39, 0.29) is 5.60 Å². The Morgan fingerprint density at radius 3 is 2.42 bits per heavy atom. The summed E-state index contributed by atoms with van der Waals surface area (Å²) in [6.07, 6.45) is 4.36. The van der Waals surface area contributed by atoms with Crippen LogP contribution in [-0.4, -0.2) is 48.2 Å². The number of hydrogen-bond acceptors (Lipinski definition) is 4. The smallest absolute Gasteiger partial charge is 0.0897 e. The van der Waals surface area contributed by atoms with Gasteiger partial charge in [0.1, 0.15) is 0 Å². The van der Waals surface area contributed by atoms with Gasteiger partial charge in [-0.25, -0.2) is 0 Å². The van der Waals surface area contributed by atoms with Gasteiger partial charge in [0.25, 0.3) is 0 Å². The number of nitrogens with one attached hydrogen (secondary N) is 1. The van der Waals surface area contributed by atoms with Crippen molar-refractivity contribution in [2.75, 3.05) is 26.3 Å². The minimum Gasteiger partial charge on any atom is -0.396 e. The largest absolute Gasteiger partial charge is 0.396 e. The topological polar surface area (TPSA) is 61.7 Å². The highest BCUT2D eigenvalue weighted by Gasteiger charge is 2.24. The van der Waals surface area contributed by atoms with Crippen LogP contribution in [0.4, 0.5) is 0 Å². The molecule has 4 nitrogen and oxygen atoms in total. The van der Waals surface area contributed by atoms with Gasteiger partial charge in [0.2, 0.25) is 0 Å². The molecule has 3 N–H and O–H groups in total. The van der Waals surface area contributed by atoms with E-state index in [9.17, 15) is 10.2 Å². The lowest BCUT2D eigenvalue weighted by Crippen LogP contribution is -2.38. The van der Waals surface area contributed by atoms with E-state index in [1.807, 2.05) is 20.8 Å². The molecule has 19 heavy (non-hydrogen) atoms. The molecule has 114 valence electrons. The zero-order chi connectivity index (χ0) is 14.3. The van der Waals surface area contributed by atoms with E-state index in [0.29, 0.717) is 31.6 Å². The Bertz CT molecular complexity index is 240. The highest BCUT2D eigenvalue weighted by atomic mass is 16.5. The molecular weight excluding hydrogens is 242 g/mol. The maximum atomic E-state index is 9.83. The van der Waals surface area contributed by atoms with Gasteiger partial charge in [-0.05, 0) is 52.0 Å². The molecule has 3 unspecified atom stereocenters. The predicted molar refractivity (Wildman–Crippen MR) is 77.1 cm³/mol. The molecule has 0 amide bonds. The third-order valence-corrected chi connectivity index (χ3v) is 3.80. The molecule has 0 bridgehead atoms. The maximum absolute atomic E-state index is 9.83.